The van der Waals surface area contributed by atoms with Crippen molar-refractivity contribution in [3.63, 3.8) is 0 Å². The Labute approximate surface area is 198 Å². The Hall–Kier alpha value is -3.00. The van der Waals surface area contributed by atoms with E-state index in [1.54, 1.807) is 18.3 Å². The number of rotatable bonds is 4. The van der Waals surface area contributed by atoms with Gasteiger partial charge in [-0.1, -0.05) is 11.6 Å². The summed E-state index contributed by atoms with van der Waals surface area (Å²) >= 11 is 6.33. The quantitative estimate of drug-likeness (QED) is 0.562. The number of benzene rings is 1. The van der Waals surface area contributed by atoms with Gasteiger partial charge in [0.05, 0.1) is 11.9 Å². The fourth-order valence-corrected chi connectivity index (χ4v) is 4.95. The van der Waals surface area contributed by atoms with Gasteiger partial charge in [0.25, 0.3) is 0 Å². The van der Waals surface area contributed by atoms with Crippen molar-refractivity contribution in [1.82, 2.24) is 19.9 Å². The standard InChI is InChI=1S/C24H27ClFN7/c1-16-4-3-9-33(16)24-29-21(18-5-7-19(26)8-6-18)12-22(30-24)32-11-10-31(14-17(32)2)23-20(25)13-27-15-28-23/h5-8,12-13,15-17H,3-4,9-11,14H2,1-2H3/t16?,17-/m1/s1. The number of hydrogen-bond acceptors (Lipinski definition) is 7. The summed E-state index contributed by atoms with van der Waals surface area (Å²) < 4.78 is 13.5. The normalized spacial score (nSPS) is 21.0. The van der Waals surface area contributed by atoms with Crippen molar-refractivity contribution in [2.75, 3.05) is 40.9 Å². The van der Waals surface area contributed by atoms with Crippen LogP contribution in [-0.2, 0) is 0 Å². The summed E-state index contributed by atoms with van der Waals surface area (Å²) in [4.78, 5) is 25.0. The predicted molar refractivity (Wildman–Crippen MR) is 130 cm³/mol. The van der Waals surface area contributed by atoms with E-state index < -0.39 is 0 Å². The van der Waals surface area contributed by atoms with Crippen molar-refractivity contribution in [2.45, 2.75) is 38.8 Å². The maximum Gasteiger partial charge on any atom is 0.228 e. The number of aromatic nitrogens is 4. The molecule has 0 bridgehead atoms. The molecule has 33 heavy (non-hydrogen) atoms. The highest BCUT2D eigenvalue weighted by Crippen LogP contribution is 2.31. The summed E-state index contributed by atoms with van der Waals surface area (Å²) in [5, 5.41) is 0.559. The van der Waals surface area contributed by atoms with Crippen molar-refractivity contribution in [3.05, 3.63) is 53.7 Å². The second kappa shape index (κ2) is 9.09. The van der Waals surface area contributed by atoms with Crippen LogP contribution in [0.15, 0.2) is 42.9 Å². The molecule has 2 fully saturated rings. The zero-order chi connectivity index (χ0) is 22.9. The lowest BCUT2D eigenvalue weighted by atomic mass is 10.1. The molecule has 0 amide bonds. The molecule has 2 saturated heterocycles. The SMILES string of the molecule is CC1CCCN1c1nc(-c2ccc(F)cc2)cc(N2CCN(c3ncncc3Cl)C[C@H]2C)n1. The van der Waals surface area contributed by atoms with Crippen LogP contribution in [0, 0.1) is 5.82 Å². The Morgan fingerprint density at radius 1 is 1.00 bits per heavy atom. The van der Waals surface area contributed by atoms with E-state index in [1.165, 1.54) is 18.5 Å². The van der Waals surface area contributed by atoms with E-state index in [-0.39, 0.29) is 11.9 Å². The lowest BCUT2D eigenvalue weighted by Gasteiger charge is -2.41. The molecule has 1 aromatic carbocycles. The number of piperazine rings is 1. The van der Waals surface area contributed by atoms with Crippen molar-refractivity contribution in [3.8, 4) is 11.3 Å². The Kier molecular flexibility index (Phi) is 6.01. The van der Waals surface area contributed by atoms with Crippen LogP contribution in [0.2, 0.25) is 5.02 Å². The molecule has 0 aliphatic carbocycles. The monoisotopic (exact) mass is 467 g/mol. The summed E-state index contributed by atoms with van der Waals surface area (Å²) in [5.41, 5.74) is 1.69. The van der Waals surface area contributed by atoms with Gasteiger partial charge in [0.1, 0.15) is 23.0 Å². The first-order chi connectivity index (χ1) is 16.0. The first kappa shape index (κ1) is 21.8. The highest BCUT2D eigenvalue weighted by atomic mass is 35.5. The molecule has 0 spiro atoms. The van der Waals surface area contributed by atoms with Crippen molar-refractivity contribution >= 4 is 29.2 Å². The molecule has 1 unspecified atom stereocenters. The largest absolute Gasteiger partial charge is 0.351 e. The minimum Gasteiger partial charge on any atom is -0.351 e. The molecule has 2 aromatic heterocycles. The van der Waals surface area contributed by atoms with E-state index in [0.29, 0.717) is 11.1 Å². The van der Waals surface area contributed by atoms with Crippen LogP contribution in [0.4, 0.5) is 22.0 Å². The summed E-state index contributed by atoms with van der Waals surface area (Å²) in [7, 11) is 0. The third-order valence-corrected chi connectivity index (χ3v) is 6.79. The Balaban J connectivity index is 1.47. The van der Waals surface area contributed by atoms with Gasteiger partial charge in [-0.05, 0) is 51.0 Å². The van der Waals surface area contributed by atoms with E-state index >= 15 is 0 Å². The molecule has 0 N–H and O–H groups in total. The zero-order valence-electron chi connectivity index (χ0n) is 18.8. The molecule has 7 nitrogen and oxygen atoms in total. The molecular weight excluding hydrogens is 441 g/mol. The molecule has 4 heterocycles. The third-order valence-electron chi connectivity index (χ3n) is 6.52. The van der Waals surface area contributed by atoms with Gasteiger partial charge in [-0.2, -0.15) is 4.98 Å². The Morgan fingerprint density at radius 3 is 2.52 bits per heavy atom. The molecule has 2 aliphatic heterocycles. The first-order valence-electron chi connectivity index (χ1n) is 11.4. The summed E-state index contributed by atoms with van der Waals surface area (Å²) in [6, 6.07) is 9.10. The first-order valence-corrected chi connectivity index (χ1v) is 11.8. The molecular formula is C24H27ClFN7. The highest BCUT2D eigenvalue weighted by Gasteiger charge is 2.29. The zero-order valence-corrected chi connectivity index (χ0v) is 19.6. The highest BCUT2D eigenvalue weighted by molar-refractivity contribution is 6.32. The number of hydrogen-bond donors (Lipinski definition) is 0. The van der Waals surface area contributed by atoms with Crippen LogP contribution in [-0.4, -0.2) is 58.2 Å². The molecule has 0 radical (unpaired) electrons. The van der Waals surface area contributed by atoms with Gasteiger partial charge in [0, 0.05) is 49.9 Å². The Bertz CT molecular complexity index is 1130. The van der Waals surface area contributed by atoms with E-state index in [1.807, 2.05) is 6.07 Å². The molecule has 2 atom stereocenters. The predicted octanol–water partition coefficient (Wildman–Crippen LogP) is 4.43. The van der Waals surface area contributed by atoms with Gasteiger partial charge in [0.15, 0.2) is 5.82 Å². The molecule has 0 saturated carbocycles. The minimum absolute atomic E-state index is 0.185. The lowest BCUT2D eigenvalue weighted by Crippen LogP contribution is -2.52. The van der Waals surface area contributed by atoms with Crippen molar-refractivity contribution < 1.29 is 4.39 Å². The summed E-state index contributed by atoms with van der Waals surface area (Å²) in [5.74, 6) is 2.14. The fourth-order valence-electron chi connectivity index (χ4n) is 4.73. The van der Waals surface area contributed by atoms with Crippen LogP contribution in [0.3, 0.4) is 0 Å². The van der Waals surface area contributed by atoms with Crippen LogP contribution in [0.1, 0.15) is 26.7 Å². The fraction of sp³-hybridized carbons (Fsp3) is 0.417. The van der Waals surface area contributed by atoms with E-state index in [4.69, 9.17) is 21.6 Å². The third kappa shape index (κ3) is 4.44. The van der Waals surface area contributed by atoms with Gasteiger partial charge in [-0.3, -0.25) is 0 Å². The van der Waals surface area contributed by atoms with Gasteiger partial charge >= 0.3 is 0 Å². The smallest absolute Gasteiger partial charge is 0.228 e. The lowest BCUT2D eigenvalue weighted by molar-refractivity contribution is 0.542. The molecule has 5 rings (SSSR count). The molecule has 172 valence electrons. The van der Waals surface area contributed by atoms with Crippen LogP contribution < -0.4 is 14.7 Å². The van der Waals surface area contributed by atoms with Gasteiger partial charge < -0.3 is 14.7 Å². The maximum absolute atomic E-state index is 13.5. The van der Waals surface area contributed by atoms with Crippen LogP contribution >= 0.6 is 11.6 Å². The van der Waals surface area contributed by atoms with Crippen molar-refractivity contribution in [2.24, 2.45) is 0 Å². The maximum atomic E-state index is 13.5. The van der Waals surface area contributed by atoms with E-state index in [0.717, 1.165) is 67.9 Å². The average Bonchev–Trinajstić information content (AvgIpc) is 3.25. The average molecular weight is 468 g/mol. The van der Waals surface area contributed by atoms with Crippen LogP contribution in [0.5, 0.6) is 0 Å². The molecule has 9 heteroatoms. The van der Waals surface area contributed by atoms with E-state index in [2.05, 4.69) is 38.5 Å². The second-order valence-corrected chi connectivity index (χ2v) is 9.19. The van der Waals surface area contributed by atoms with Gasteiger partial charge in [-0.15, -0.1) is 0 Å². The number of anilines is 3. The number of nitrogens with zero attached hydrogens (tertiary/aromatic N) is 7. The molecule has 2 aliphatic rings. The molecule has 3 aromatic rings. The summed E-state index contributed by atoms with van der Waals surface area (Å²) in [6.45, 7) is 7.65. The van der Waals surface area contributed by atoms with Gasteiger partial charge in [0.2, 0.25) is 5.95 Å². The topological polar surface area (TPSA) is 61.3 Å². The summed E-state index contributed by atoms with van der Waals surface area (Å²) in [6.07, 6.45) is 5.43. The van der Waals surface area contributed by atoms with Crippen molar-refractivity contribution in [1.29, 1.82) is 0 Å². The second-order valence-electron chi connectivity index (χ2n) is 8.79. The number of halogens is 2. The Morgan fingerprint density at radius 2 is 1.82 bits per heavy atom. The minimum atomic E-state index is -0.255. The van der Waals surface area contributed by atoms with E-state index in [9.17, 15) is 4.39 Å². The van der Waals surface area contributed by atoms with Gasteiger partial charge in [-0.25, -0.2) is 19.3 Å². The van der Waals surface area contributed by atoms with Crippen LogP contribution in [0.25, 0.3) is 11.3 Å².